The normalized spacial score (nSPS) is 20.7. The summed E-state index contributed by atoms with van der Waals surface area (Å²) >= 11 is 0. The highest BCUT2D eigenvalue weighted by Gasteiger charge is 2.59. The number of alkyl halides is 3. The van der Waals surface area contributed by atoms with Gasteiger partial charge in [-0.3, -0.25) is 19.5 Å². The van der Waals surface area contributed by atoms with Gasteiger partial charge < -0.3 is 14.3 Å². The minimum atomic E-state index is -5.08. The molecule has 44 heavy (non-hydrogen) atoms. The Hall–Kier alpha value is -4.39. The first-order valence-electron chi connectivity index (χ1n) is 13.9. The molecule has 1 aromatic heterocycles. The number of likely N-dealkylation sites (tertiary alicyclic amines) is 1. The first-order valence-corrected chi connectivity index (χ1v) is 13.9. The molecule has 2 aliphatic rings. The Labute approximate surface area is 251 Å². The highest BCUT2D eigenvalue weighted by molar-refractivity contribution is 6.17. The number of furan rings is 1. The monoisotopic (exact) mass is 619 g/mol. The number of halogens is 4. The van der Waals surface area contributed by atoms with Crippen LogP contribution in [0.15, 0.2) is 71.5 Å². The first-order chi connectivity index (χ1) is 20.7. The van der Waals surface area contributed by atoms with Crippen LogP contribution in [0.2, 0.25) is 0 Å². The zero-order valence-corrected chi connectivity index (χ0v) is 24.4. The lowest BCUT2D eigenvalue weighted by molar-refractivity contribution is -0.192. The Bertz CT molecular complexity index is 1480. The van der Waals surface area contributed by atoms with Crippen LogP contribution in [0.5, 0.6) is 5.75 Å². The van der Waals surface area contributed by atoms with E-state index >= 15 is 0 Å². The summed E-state index contributed by atoms with van der Waals surface area (Å²) < 4.78 is 57.0. The third-order valence-corrected chi connectivity index (χ3v) is 7.45. The number of carboxylic acid groups (broad SMARTS) is 1. The van der Waals surface area contributed by atoms with E-state index in [0.717, 1.165) is 16.9 Å². The van der Waals surface area contributed by atoms with Gasteiger partial charge in [-0.25, -0.2) is 14.0 Å². The standard InChI is InChI=1S/C29H32FN3O4.C2HF3O2/c1-20(2)37-26-9-4-6-22(14-26)17-31-12-11-29(16-21(31)3)27(34)32(18-23-10-13-36-19-23)28(35)33(29)25-8-5-7-24(30)15-25;3-2(4,5)1(6)7/h4-10,13-15,19-21H,11-12,16-18H2,1-3H3;(H,6,7)/t21-,29+;/m0./s1. The maximum absolute atomic E-state index is 14.2. The van der Waals surface area contributed by atoms with Crippen LogP contribution in [0.25, 0.3) is 0 Å². The number of rotatable bonds is 7. The fourth-order valence-corrected chi connectivity index (χ4v) is 5.54. The van der Waals surface area contributed by atoms with E-state index in [1.807, 2.05) is 32.0 Å². The van der Waals surface area contributed by atoms with Crippen molar-refractivity contribution >= 4 is 23.6 Å². The maximum atomic E-state index is 14.2. The number of carbonyl (C=O) groups is 3. The van der Waals surface area contributed by atoms with Crippen molar-refractivity contribution in [3.63, 3.8) is 0 Å². The van der Waals surface area contributed by atoms with Gasteiger partial charge in [-0.15, -0.1) is 0 Å². The number of benzene rings is 2. The molecular weight excluding hydrogens is 586 g/mol. The highest BCUT2D eigenvalue weighted by atomic mass is 19.4. The number of amides is 3. The molecule has 5 rings (SSSR count). The molecule has 0 saturated carbocycles. The smallest absolute Gasteiger partial charge is 0.490 e. The minimum absolute atomic E-state index is 0.00473. The summed E-state index contributed by atoms with van der Waals surface area (Å²) in [6, 6.07) is 15.3. The van der Waals surface area contributed by atoms with Crippen LogP contribution in [0.3, 0.4) is 0 Å². The third kappa shape index (κ3) is 7.21. The van der Waals surface area contributed by atoms with Gasteiger partial charge in [0, 0.05) is 30.4 Å². The van der Waals surface area contributed by atoms with Crippen LogP contribution in [0, 0.1) is 5.82 Å². The summed E-state index contributed by atoms with van der Waals surface area (Å²) in [7, 11) is 0. The molecular formula is C31H33F4N3O6. The van der Waals surface area contributed by atoms with Gasteiger partial charge in [-0.05, 0) is 75.6 Å². The lowest BCUT2D eigenvalue weighted by atomic mass is 9.81. The molecule has 0 aliphatic carbocycles. The Morgan fingerprint density at radius 3 is 2.39 bits per heavy atom. The molecule has 3 heterocycles. The lowest BCUT2D eigenvalue weighted by Crippen LogP contribution is -2.59. The van der Waals surface area contributed by atoms with E-state index in [0.29, 0.717) is 31.6 Å². The average Bonchev–Trinajstić information content (AvgIpc) is 3.52. The summed E-state index contributed by atoms with van der Waals surface area (Å²) in [6.45, 7) is 7.50. The number of aliphatic carboxylic acids is 1. The van der Waals surface area contributed by atoms with Crippen molar-refractivity contribution in [2.75, 3.05) is 11.4 Å². The fourth-order valence-electron chi connectivity index (χ4n) is 5.54. The van der Waals surface area contributed by atoms with Gasteiger partial charge >= 0.3 is 18.2 Å². The first kappa shape index (κ1) is 32.5. The largest absolute Gasteiger partial charge is 0.491 e. The molecule has 1 N–H and O–H groups in total. The van der Waals surface area contributed by atoms with Crippen LogP contribution < -0.4 is 9.64 Å². The van der Waals surface area contributed by atoms with Crippen molar-refractivity contribution in [2.24, 2.45) is 0 Å². The van der Waals surface area contributed by atoms with Crippen molar-refractivity contribution in [2.45, 2.75) is 70.6 Å². The molecule has 1 spiro atoms. The predicted octanol–water partition coefficient (Wildman–Crippen LogP) is 6.23. The van der Waals surface area contributed by atoms with Gasteiger partial charge in [0.1, 0.15) is 17.1 Å². The maximum Gasteiger partial charge on any atom is 0.490 e. The van der Waals surface area contributed by atoms with E-state index in [2.05, 4.69) is 17.9 Å². The number of hydrogen-bond donors (Lipinski definition) is 1. The van der Waals surface area contributed by atoms with Crippen molar-refractivity contribution in [1.29, 1.82) is 0 Å². The van der Waals surface area contributed by atoms with Gasteiger partial charge in [0.25, 0.3) is 5.91 Å². The SMILES string of the molecule is CC(C)Oc1cccc(CN2CC[C@@]3(C[C@@H]2C)C(=O)N(Cc2ccoc2)C(=O)N3c2cccc(F)c2)c1.O=C(O)C(F)(F)F. The second-order valence-corrected chi connectivity index (χ2v) is 11.0. The number of piperidine rings is 1. The number of ether oxygens (including phenoxy) is 1. The molecule has 9 nitrogen and oxygen atoms in total. The van der Waals surface area contributed by atoms with E-state index in [4.69, 9.17) is 19.1 Å². The van der Waals surface area contributed by atoms with Gasteiger partial charge in [-0.2, -0.15) is 13.2 Å². The van der Waals surface area contributed by atoms with E-state index in [-0.39, 0.29) is 24.6 Å². The Morgan fingerprint density at radius 1 is 1.09 bits per heavy atom. The van der Waals surface area contributed by atoms with Gasteiger partial charge in [0.2, 0.25) is 0 Å². The van der Waals surface area contributed by atoms with Crippen LogP contribution >= 0.6 is 0 Å². The zero-order valence-electron chi connectivity index (χ0n) is 24.4. The van der Waals surface area contributed by atoms with Crippen molar-refractivity contribution < 1.29 is 46.2 Å². The number of carboxylic acids is 1. The van der Waals surface area contributed by atoms with Crippen molar-refractivity contribution in [1.82, 2.24) is 9.80 Å². The summed E-state index contributed by atoms with van der Waals surface area (Å²) in [5, 5.41) is 7.12. The van der Waals surface area contributed by atoms with E-state index in [9.17, 15) is 27.2 Å². The lowest BCUT2D eigenvalue weighted by Gasteiger charge is -2.45. The third-order valence-electron chi connectivity index (χ3n) is 7.45. The molecule has 3 aromatic rings. The topological polar surface area (TPSA) is 104 Å². The predicted molar refractivity (Wildman–Crippen MR) is 151 cm³/mol. The number of imide groups is 1. The number of anilines is 1. The number of urea groups is 1. The number of hydrogen-bond acceptors (Lipinski definition) is 6. The molecule has 0 bridgehead atoms. The summed E-state index contributed by atoms with van der Waals surface area (Å²) in [5.41, 5.74) is 1.17. The number of carbonyl (C=O) groups excluding carboxylic acids is 2. The Morgan fingerprint density at radius 2 is 1.80 bits per heavy atom. The Kier molecular flexibility index (Phi) is 9.67. The molecule has 236 valence electrons. The second kappa shape index (κ2) is 13.1. The average molecular weight is 620 g/mol. The van der Waals surface area contributed by atoms with E-state index in [1.165, 1.54) is 34.5 Å². The summed E-state index contributed by atoms with van der Waals surface area (Å²) in [4.78, 5) is 41.6. The molecule has 2 fully saturated rings. The molecule has 2 aromatic carbocycles. The van der Waals surface area contributed by atoms with E-state index < -0.39 is 29.5 Å². The fraction of sp³-hybridized carbons (Fsp3) is 0.387. The second-order valence-electron chi connectivity index (χ2n) is 11.0. The molecule has 3 amide bonds. The van der Waals surface area contributed by atoms with Crippen molar-refractivity contribution in [3.05, 3.63) is 84.1 Å². The molecule has 0 unspecified atom stereocenters. The van der Waals surface area contributed by atoms with E-state index in [1.54, 1.807) is 18.2 Å². The van der Waals surface area contributed by atoms with Crippen LogP contribution in [0.1, 0.15) is 44.7 Å². The highest BCUT2D eigenvalue weighted by Crippen LogP contribution is 2.43. The van der Waals surface area contributed by atoms with Gasteiger partial charge in [0.05, 0.1) is 25.2 Å². The molecule has 0 radical (unpaired) electrons. The number of nitrogens with zero attached hydrogens (tertiary/aromatic N) is 3. The quantitative estimate of drug-likeness (QED) is 0.247. The van der Waals surface area contributed by atoms with Crippen molar-refractivity contribution in [3.8, 4) is 5.75 Å². The zero-order chi connectivity index (χ0) is 32.2. The van der Waals surface area contributed by atoms with Crippen LogP contribution in [-0.4, -0.2) is 63.2 Å². The molecule has 2 aliphatic heterocycles. The Balaban J connectivity index is 0.000000566. The summed E-state index contributed by atoms with van der Waals surface area (Å²) in [5.74, 6) is -2.62. The molecule has 2 saturated heterocycles. The van der Waals surface area contributed by atoms with Gasteiger partial charge in [0.15, 0.2) is 0 Å². The van der Waals surface area contributed by atoms with Crippen LogP contribution in [0.4, 0.5) is 28.0 Å². The van der Waals surface area contributed by atoms with Gasteiger partial charge in [-0.1, -0.05) is 18.2 Å². The summed E-state index contributed by atoms with van der Waals surface area (Å²) in [6.07, 6.45) is -1.06. The molecule has 2 atom stereocenters. The van der Waals surface area contributed by atoms with Crippen LogP contribution in [-0.2, 0) is 22.7 Å². The minimum Gasteiger partial charge on any atom is -0.491 e. The molecule has 13 heteroatoms.